The van der Waals surface area contributed by atoms with Crippen molar-refractivity contribution in [2.75, 3.05) is 19.4 Å². The number of amidine groups is 1. The number of carbonyl (C=O) groups is 2. The Balaban J connectivity index is 1.92. The number of alkyl halides is 3. The number of hydrogen-bond donors (Lipinski definition) is 1. The number of halogens is 3. The van der Waals surface area contributed by atoms with Crippen LogP contribution in [0.2, 0.25) is 0 Å². The Labute approximate surface area is 139 Å². The fourth-order valence-electron chi connectivity index (χ4n) is 2.39. The molecule has 0 bridgehead atoms. The van der Waals surface area contributed by atoms with Gasteiger partial charge in [0.2, 0.25) is 0 Å². The van der Waals surface area contributed by atoms with Crippen LogP contribution in [0.15, 0.2) is 29.3 Å². The number of benzene rings is 1. The zero-order valence-electron chi connectivity index (χ0n) is 12.4. The van der Waals surface area contributed by atoms with Crippen molar-refractivity contribution in [3.63, 3.8) is 0 Å². The van der Waals surface area contributed by atoms with E-state index in [0.29, 0.717) is 11.5 Å². The van der Waals surface area contributed by atoms with Crippen molar-refractivity contribution in [1.82, 2.24) is 10.2 Å². The Morgan fingerprint density at radius 1 is 1.38 bits per heavy atom. The molecule has 2 aliphatic heterocycles. The zero-order chi connectivity index (χ0) is 17.5. The molecule has 24 heavy (non-hydrogen) atoms. The van der Waals surface area contributed by atoms with Gasteiger partial charge in [0.25, 0.3) is 11.8 Å². The first-order valence-electron chi connectivity index (χ1n) is 6.86. The number of rotatable bonds is 3. The highest BCUT2D eigenvalue weighted by Gasteiger charge is 2.67. The molecule has 1 saturated heterocycles. The Hall–Kier alpha value is -2.23. The number of thioether (sulfide) groups is 1. The van der Waals surface area contributed by atoms with Gasteiger partial charge in [0, 0.05) is 17.9 Å². The zero-order valence-corrected chi connectivity index (χ0v) is 13.2. The minimum Gasteiger partial charge on any atom is -0.497 e. The van der Waals surface area contributed by atoms with Crippen LogP contribution in [0.3, 0.4) is 0 Å². The van der Waals surface area contributed by atoms with Crippen LogP contribution in [-0.2, 0) is 4.79 Å². The molecule has 2 heterocycles. The highest BCUT2D eigenvalue weighted by molar-refractivity contribution is 8.14. The van der Waals surface area contributed by atoms with Crippen LogP contribution >= 0.6 is 11.8 Å². The molecule has 1 aromatic carbocycles. The molecular formula is C14H12F3N3O3S. The third-order valence-corrected chi connectivity index (χ3v) is 4.61. The van der Waals surface area contributed by atoms with Crippen molar-refractivity contribution in [2.24, 2.45) is 4.99 Å². The molecule has 0 spiro atoms. The highest BCUT2D eigenvalue weighted by Crippen LogP contribution is 2.41. The minimum atomic E-state index is -5.05. The molecular weight excluding hydrogens is 347 g/mol. The van der Waals surface area contributed by atoms with Gasteiger partial charge in [-0.05, 0) is 24.3 Å². The van der Waals surface area contributed by atoms with Gasteiger partial charge in [-0.1, -0.05) is 11.8 Å². The molecule has 1 fully saturated rings. The van der Waals surface area contributed by atoms with E-state index in [1.165, 1.54) is 31.4 Å². The molecule has 3 rings (SSSR count). The summed E-state index contributed by atoms with van der Waals surface area (Å²) in [6, 6.07) is 5.48. The summed E-state index contributed by atoms with van der Waals surface area (Å²) < 4.78 is 45.6. The molecule has 128 valence electrons. The summed E-state index contributed by atoms with van der Waals surface area (Å²) in [5, 5.41) is 1.75. The van der Waals surface area contributed by atoms with Crippen LogP contribution in [0, 0.1) is 0 Å². The summed E-state index contributed by atoms with van der Waals surface area (Å²) in [7, 11) is 1.42. The normalized spacial score (nSPS) is 23.1. The summed E-state index contributed by atoms with van der Waals surface area (Å²) in [5.74, 6) is -1.40. The van der Waals surface area contributed by atoms with Gasteiger partial charge < -0.3 is 10.1 Å². The maximum absolute atomic E-state index is 13.6. The maximum Gasteiger partial charge on any atom is 0.442 e. The Bertz CT molecular complexity index is 720. The Morgan fingerprint density at radius 3 is 2.58 bits per heavy atom. The second-order valence-corrected chi connectivity index (χ2v) is 6.15. The molecule has 0 radical (unpaired) electrons. The molecule has 0 aliphatic carbocycles. The molecule has 0 aromatic heterocycles. The van der Waals surface area contributed by atoms with Gasteiger partial charge in [0.1, 0.15) is 5.75 Å². The average Bonchev–Trinajstić information content (AvgIpc) is 3.09. The molecule has 1 atom stereocenters. The van der Waals surface area contributed by atoms with E-state index in [1.54, 1.807) is 5.32 Å². The lowest BCUT2D eigenvalue weighted by Crippen LogP contribution is -2.63. The van der Waals surface area contributed by atoms with Crippen LogP contribution in [0.25, 0.3) is 0 Å². The summed E-state index contributed by atoms with van der Waals surface area (Å²) in [6.07, 6.45) is -5.05. The number of aliphatic imine (C=N–C) groups is 1. The maximum atomic E-state index is 13.6. The van der Waals surface area contributed by atoms with Crippen molar-refractivity contribution >= 4 is 28.7 Å². The Morgan fingerprint density at radius 2 is 2.04 bits per heavy atom. The smallest absolute Gasteiger partial charge is 0.442 e. The van der Waals surface area contributed by atoms with Crippen molar-refractivity contribution in [3.8, 4) is 5.75 Å². The number of nitrogens with one attached hydrogen (secondary N) is 1. The van der Waals surface area contributed by atoms with Crippen molar-refractivity contribution in [1.29, 1.82) is 0 Å². The summed E-state index contributed by atoms with van der Waals surface area (Å²) in [4.78, 5) is 28.9. The van der Waals surface area contributed by atoms with Gasteiger partial charge in [-0.15, -0.1) is 0 Å². The first kappa shape index (κ1) is 16.6. The first-order valence-corrected chi connectivity index (χ1v) is 7.85. The lowest BCUT2D eigenvalue weighted by atomic mass is 10.1. The lowest BCUT2D eigenvalue weighted by Gasteiger charge is -2.28. The average molecular weight is 359 g/mol. The van der Waals surface area contributed by atoms with Crippen LogP contribution in [0.4, 0.5) is 13.2 Å². The molecule has 1 aromatic rings. The lowest BCUT2D eigenvalue weighted by molar-refractivity contribution is -0.196. The summed E-state index contributed by atoms with van der Waals surface area (Å²) in [5.41, 5.74) is -3.31. The number of hydrogen-bond acceptors (Lipinski definition) is 5. The molecule has 0 saturated carbocycles. The van der Waals surface area contributed by atoms with E-state index in [2.05, 4.69) is 4.99 Å². The van der Waals surface area contributed by atoms with Gasteiger partial charge in [-0.2, -0.15) is 13.2 Å². The Kier molecular flexibility index (Phi) is 3.94. The van der Waals surface area contributed by atoms with Crippen molar-refractivity contribution in [3.05, 3.63) is 29.8 Å². The number of carbonyl (C=O) groups excluding carboxylic acids is 2. The van der Waals surface area contributed by atoms with E-state index in [1.807, 2.05) is 0 Å². The fraction of sp³-hybridized carbons (Fsp3) is 0.357. The number of ether oxygens (including phenoxy) is 1. The van der Waals surface area contributed by atoms with Gasteiger partial charge in [-0.25, -0.2) is 4.99 Å². The summed E-state index contributed by atoms with van der Waals surface area (Å²) >= 11 is 1.05. The molecule has 2 aliphatic rings. The third kappa shape index (κ3) is 2.50. The molecule has 6 nitrogen and oxygen atoms in total. The van der Waals surface area contributed by atoms with E-state index in [4.69, 9.17) is 4.74 Å². The van der Waals surface area contributed by atoms with Crippen LogP contribution in [-0.4, -0.2) is 53.1 Å². The quantitative estimate of drug-likeness (QED) is 0.891. The number of amides is 2. The number of nitrogens with zero attached hydrogens (tertiary/aromatic N) is 2. The molecule has 1 N–H and O–H groups in total. The fourth-order valence-corrected chi connectivity index (χ4v) is 3.37. The molecule has 2 amide bonds. The molecule has 0 unspecified atom stereocenters. The van der Waals surface area contributed by atoms with E-state index >= 15 is 0 Å². The van der Waals surface area contributed by atoms with Gasteiger partial charge in [-0.3, -0.25) is 14.5 Å². The summed E-state index contributed by atoms with van der Waals surface area (Å²) in [6.45, 7) is 0.137. The predicted octanol–water partition coefficient (Wildman–Crippen LogP) is 1.63. The first-order chi connectivity index (χ1) is 11.3. The van der Waals surface area contributed by atoms with Crippen LogP contribution in [0.1, 0.15) is 10.4 Å². The van der Waals surface area contributed by atoms with Crippen molar-refractivity contribution < 1.29 is 27.5 Å². The molecule has 10 heteroatoms. The monoisotopic (exact) mass is 359 g/mol. The number of methoxy groups -OCH3 is 1. The minimum absolute atomic E-state index is 0.0210. The van der Waals surface area contributed by atoms with E-state index in [-0.39, 0.29) is 17.3 Å². The predicted molar refractivity (Wildman–Crippen MR) is 80.9 cm³/mol. The largest absolute Gasteiger partial charge is 0.497 e. The number of fused-ring (bicyclic) bond motifs is 1. The van der Waals surface area contributed by atoms with E-state index < -0.39 is 23.7 Å². The van der Waals surface area contributed by atoms with Gasteiger partial charge >= 0.3 is 11.8 Å². The van der Waals surface area contributed by atoms with Crippen LogP contribution in [0.5, 0.6) is 5.75 Å². The van der Waals surface area contributed by atoms with Gasteiger partial charge in [0.15, 0.2) is 5.17 Å². The van der Waals surface area contributed by atoms with Gasteiger partial charge in [0.05, 0.1) is 7.11 Å². The van der Waals surface area contributed by atoms with E-state index in [0.717, 1.165) is 16.7 Å². The second-order valence-electron chi connectivity index (χ2n) is 5.09. The third-order valence-electron chi connectivity index (χ3n) is 3.65. The van der Waals surface area contributed by atoms with Crippen LogP contribution < -0.4 is 10.1 Å². The van der Waals surface area contributed by atoms with E-state index in [9.17, 15) is 22.8 Å². The topological polar surface area (TPSA) is 71.0 Å². The second kappa shape index (κ2) is 5.69. The SMILES string of the molecule is COc1ccc(C(=O)N[C@@]2(C(F)(F)F)N=C3SCCN3C2=O)cc1. The van der Waals surface area contributed by atoms with Crippen molar-refractivity contribution in [2.45, 2.75) is 11.8 Å². The highest BCUT2D eigenvalue weighted by atomic mass is 32.2. The standard InChI is InChI=1S/C14H12F3N3O3S/c1-23-9-4-2-8(3-5-9)10(21)18-13(14(15,16)17)11(22)20-6-7-24-12(20)19-13/h2-5H,6-7H2,1H3,(H,18,21)/t13-/m1/s1.